The lowest BCUT2D eigenvalue weighted by atomic mass is 9.84. The second-order valence-corrected chi connectivity index (χ2v) is 7.69. The highest BCUT2D eigenvalue weighted by Gasteiger charge is 2.23. The van der Waals surface area contributed by atoms with Crippen molar-refractivity contribution in [3.63, 3.8) is 0 Å². The van der Waals surface area contributed by atoms with Crippen LogP contribution in [0.2, 0.25) is 0 Å². The van der Waals surface area contributed by atoms with Crippen molar-refractivity contribution in [1.82, 2.24) is 10.2 Å². The van der Waals surface area contributed by atoms with Crippen LogP contribution in [0, 0.1) is 11.8 Å². The van der Waals surface area contributed by atoms with Gasteiger partial charge in [-0.1, -0.05) is 25.1 Å². The zero-order valence-electron chi connectivity index (χ0n) is 14.5. The zero-order valence-corrected chi connectivity index (χ0v) is 16.1. The number of amides is 1. The van der Waals surface area contributed by atoms with E-state index in [9.17, 15) is 4.79 Å². The number of hydrogen-bond donors (Lipinski definition) is 1. The summed E-state index contributed by atoms with van der Waals surface area (Å²) in [6, 6.07) is 8.43. The average Bonchev–Trinajstić information content (AvgIpc) is 2.98. The summed E-state index contributed by atoms with van der Waals surface area (Å²) in [5.41, 5.74) is 1.26. The lowest BCUT2D eigenvalue weighted by Gasteiger charge is -2.29. The van der Waals surface area contributed by atoms with Crippen LogP contribution in [0.15, 0.2) is 29.6 Å². The van der Waals surface area contributed by atoms with Gasteiger partial charge in [-0.15, -0.1) is 23.7 Å². The largest absolute Gasteiger partial charge is 0.341 e. The Balaban J connectivity index is 0.00000208. The Hall–Kier alpha value is -1.10. The third kappa shape index (κ3) is 4.50. The minimum absolute atomic E-state index is 0. The maximum absolute atomic E-state index is 12.6. The number of piperidine rings is 1. The van der Waals surface area contributed by atoms with Gasteiger partial charge in [0.1, 0.15) is 0 Å². The van der Waals surface area contributed by atoms with Crippen molar-refractivity contribution in [3.8, 4) is 0 Å². The van der Waals surface area contributed by atoms with Crippen LogP contribution >= 0.6 is 23.7 Å². The molecule has 1 aliphatic heterocycles. The summed E-state index contributed by atoms with van der Waals surface area (Å²) in [7, 11) is 1.93. The number of carbonyl (C=O) groups is 1. The molecule has 1 saturated heterocycles. The molecule has 2 aromatic rings. The molecule has 1 unspecified atom stereocenters. The predicted octanol–water partition coefficient (Wildman–Crippen LogP) is 4.31. The molecule has 2 heterocycles. The minimum atomic E-state index is 0. The number of benzene rings is 1. The number of nitrogens with zero attached hydrogens (tertiary/aromatic N) is 1. The second kappa shape index (κ2) is 8.84. The monoisotopic (exact) mass is 366 g/mol. The van der Waals surface area contributed by atoms with E-state index in [0.29, 0.717) is 24.8 Å². The van der Waals surface area contributed by atoms with E-state index in [4.69, 9.17) is 0 Å². The molecular formula is C19H27ClN2OS. The fraction of sp³-hybridized carbons (Fsp3) is 0.526. The SMILES string of the molecule is CC(CC(=O)N(C)Cc1csc2ccccc12)C1CCNCC1.Cl. The molecule has 0 spiro atoms. The first-order valence-electron chi connectivity index (χ1n) is 8.55. The highest BCUT2D eigenvalue weighted by molar-refractivity contribution is 7.17. The van der Waals surface area contributed by atoms with E-state index in [0.717, 1.165) is 13.1 Å². The Bertz CT molecular complexity index is 666. The van der Waals surface area contributed by atoms with Gasteiger partial charge in [0.25, 0.3) is 0 Å². The molecule has 1 amide bonds. The highest BCUT2D eigenvalue weighted by Crippen LogP contribution is 2.28. The van der Waals surface area contributed by atoms with Crippen LogP contribution < -0.4 is 5.32 Å². The molecule has 132 valence electrons. The Morgan fingerprint density at radius 1 is 1.33 bits per heavy atom. The van der Waals surface area contributed by atoms with E-state index in [1.54, 1.807) is 11.3 Å². The number of rotatable bonds is 5. The molecule has 1 fully saturated rings. The van der Waals surface area contributed by atoms with E-state index < -0.39 is 0 Å². The summed E-state index contributed by atoms with van der Waals surface area (Å²) in [5, 5.41) is 6.86. The molecule has 24 heavy (non-hydrogen) atoms. The summed E-state index contributed by atoms with van der Waals surface area (Å²) in [6.45, 7) is 5.14. The quantitative estimate of drug-likeness (QED) is 0.855. The topological polar surface area (TPSA) is 32.3 Å². The van der Waals surface area contributed by atoms with Gasteiger partial charge in [0.15, 0.2) is 0 Å². The van der Waals surface area contributed by atoms with Gasteiger partial charge < -0.3 is 10.2 Å². The van der Waals surface area contributed by atoms with E-state index >= 15 is 0 Å². The van der Waals surface area contributed by atoms with Gasteiger partial charge >= 0.3 is 0 Å². The molecule has 3 nitrogen and oxygen atoms in total. The minimum Gasteiger partial charge on any atom is -0.341 e. The van der Waals surface area contributed by atoms with Crippen LogP contribution in [0.25, 0.3) is 10.1 Å². The van der Waals surface area contributed by atoms with Crippen LogP contribution in [0.3, 0.4) is 0 Å². The van der Waals surface area contributed by atoms with Gasteiger partial charge in [0, 0.05) is 24.7 Å². The molecule has 0 saturated carbocycles. The van der Waals surface area contributed by atoms with Gasteiger partial charge in [-0.05, 0) is 60.2 Å². The lowest BCUT2D eigenvalue weighted by molar-refractivity contribution is -0.131. The number of carbonyl (C=O) groups excluding carboxylic acids is 1. The Kier molecular flexibility index (Phi) is 7.08. The van der Waals surface area contributed by atoms with Crippen molar-refractivity contribution in [3.05, 3.63) is 35.2 Å². The first kappa shape index (κ1) is 19.2. The van der Waals surface area contributed by atoms with Gasteiger partial charge in [0.05, 0.1) is 0 Å². The molecule has 5 heteroatoms. The Morgan fingerprint density at radius 2 is 2.04 bits per heavy atom. The third-order valence-electron chi connectivity index (χ3n) is 5.08. The molecule has 0 aliphatic carbocycles. The molecule has 1 aromatic heterocycles. The summed E-state index contributed by atoms with van der Waals surface area (Å²) < 4.78 is 1.30. The van der Waals surface area contributed by atoms with Crippen molar-refractivity contribution in [2.75, 3.05) is 20.1 Å². The zero-order chi connectivity index (χ0) is 16.2. The standard InChI is InChI=1S/C19H26N2OS.ClH/c1-14(15-7-9-20-10-8-15)11-19(22)21(2)12-16-13-23-18-6-4-3-5-17(16)18;/h3-6,13-15,20H,7-12H2,1-2H3;1H. The van der Waals surface area contributed by atoms with Gasteiger partial charge in [-0.2, -0.15) is 0 Å². The van der Waals surface area contributed by atoms with E-state index in [2.05, 4.69) is 41.9 Å². The highest BCUT2D eigenvalue weighted by atomic mass is 35.5. The smallest absolute Gasteiger partial charge is 0.222 e. The first-order chi connectivity index (χ1) is 11.1. The van der Waals surface area contributed by atoms with Crippen molar-refractivity contribution < 1.29 is 4.79 Å². The number of thiophene rings is 1. The Morgan fingerprint density at radius 3 is 2.79 bits per heavy atom. The molecular weight excluding hydrogens is 340 g/mol. The maximum Gasteiger partial charge on any atom is 0.222 e. The van der Waals surface area contributed by atoms with Crippen molar-refractivity contribution in [1.29, 1.82) is 0 Å². The molecule has 3 rings (SSSR count). The summed E-state index contributed by atoms with van der Waals surface area (Å²) >= 11 is 1.76. The fourth-order valence-electron chi connectivity index (χ4n) is 3.51. The maximum atomic E-state index is 12.6. The fourth-order valence-corrected chi connectivity index (χ4v) is 4.46. The molecule has 0 bridgehead atoms. The number of hydrogen-bond acceptors (Lipinski definition) is 3. The average molecular weight is 367 g/mol. The van der Waals surface area contributed by atoms with E-state index in [1.165, 1.54) is 28.5 Å². The van der Waals surface area contributed by atoms with Gasteiger partial charge in [-0.3, -0.25) is 4.79 Å². The van der Waals surface area contributed by atoms with Crippen LogP contribution in [0.1, 0.15) is 31.7 Å². The Labute approximate surface area is 154 Å². The third-order valence-corrected chi connectivity index (χ3v) is 6.09. The summed E-state index contributed by atoms with van der Waals surface area (Å²) in [4.78, 5) is 14.5. The van der Waals surface area contributed by atoms with Crippen LogP contribution in [0.4, 0.5) is 0 Å². The first-order valence-corrected chi connectivity index (χ1v) is 9.43. The predicted molar refractivity (Wildman–Crippen MR) is 105 cm³/mol. The molecule has 1 atom stereocenters. The molecule has 1 aromatic carbocycles. The number of nitrogens with one attached hydrogen (secondary N) is 1. The van der Waals surface area contributed by atoms with Gasteiger partial charge in [0.2, 0.25) is 5.91 Å². The molecule has 1 N–H and O–H groups in total. The summed E-state index contributed by atoms with van der Waals surface area (Å²) in [6.07, 6.45) is 3.07. The van der Waals surface area contributed by atoms with Crippen LogP contribution in [0.5, 0.6) is 0 Å². The normalized spacial score (nSPS) is 16.6. The van der Waals surface area contributed by atoms with Crippen molar-refractivity contribution >= 4 is 39.7 Å². The van der Waals surface area contributed by atoms with Gasteiger partial charge in [-0.25, -0.2) is 0 Å². The lowest BCUT2D eigenvalue weighted by Crippen LogP contribution is -2.34. The van der Waals surface area contributed by atoms with E-state index in [-0.39, 0.29) is 18.3 Å². The number of halogens is 1. The summed E-state index contributed by atoms with van der Waals surface area (Å²) in [5.74, 6) is 1.44. The molecule has 0 radical (unpaired) electrons. The second-order valence-electron chi connectivity index (χ2n) is 6.78. The number of fused-ring (bicyclic) bond motifs is 1. The molecule has 1 aliphatic rings. The van der Waals surface area contributed by atoms with Crippen LogP contribution in [-0.2, 0) is 11.3 Å². The van der Waals surface area contributed by atoms with E-state index in [1.807, 2.05) is 11.9 Å². The van der Waals surface area contributed by atoms with Crippen molar-refractivity contribution in [2.24, 2.45) is 11.8 Å². The van der Waals surface area contributed by atoms with Crippen molar-refractivity contribution in [2.45, 2.75) is 32.7 Å². The van der Waals surface area contributed by atoms with Crippen LogP contribution in [-0.4, -0.2) is 30.9 Å².